The molecule has 1 aliphatic carbocycles. The van der Waals surface area contributed by atoms with Crippen molar-refractivity contribution in [1.29, 1.82) is 0 Å². The third-order valence-electron chi connectivity index (χ3n) is 5.94. The van der Waals surface area contributed by atoms with Crippen molar-refractivity contribution >= 4 is 39.0 Å². The first-order valence-corrected chi connectivity index (χ1v) is 13.4. The average molecular weight is 522 g/mol. The van der Waals surface area contributed by atoms with Crippen molar-refractivity contribution in [2.24, 2.45) is 17.0 Å². The lowest BCUT2D eigenvalue weighted by Gasteiger charge is -2.13. The van der Waals surface area contributed by atoms with E-state index < -0.39 is 16.4 Å². The molecule has 0 bridgehead atoms. The normalized spacial score (nSPS) is 20.5. The largest absolute Gasteiger partial charge is 0.393 e. The number of halogens is 1. The number of aromatic nitrogens is 2. The molecule has 3 N–H and O–H groups in total. The Morgan fingerprint density at radius 2 is 2.03 bits per heavy atom. The zero-order chi connectivity index (χ0) is 24.3. The van der Waals surface area contributed by atoms with Gasteiger partial charge in [-0.15, -0.1) is 11.3 Å². The molecule has 1 fully saturated rings. The van der Waals surface area contributed by atoms with E-state index in [0.717, 1.165) is 11.1 Å². The molecule has 0 unspecified atom stereocenters. The van der Waals surface area contributed by atoms with Crippen molar-refractivity contribution in [3.8, 4) is 0 Å². The van der Waals surface area contributed by atoms with Gasteiger partial charge in [-0.2, -0.15) is 8.42 Å². The second-order valence-electron chi connectivity index (χ2n) is 8.43. The van der Waals surface area contributed by atoms with Gasteiger partial charge in [0.05, 0.1) is 33.2 Å². The molecule has 0 aliphatic heterocycles. The molecule has 34 heavy (non-hydrogen) atoms. The number of aliphatic hydroxyl groups excluding tert-OH is 1. The van der Waals surface area contributed by atoms with Gasteiger partial charge in [0.25, 0.3) is 0 Å². The van der Waals surface area contributed by atoms with Crippen molar-refractivity contribution in [2.75, 3.05) is 6.61 Å². The minimum atomic E-state index is -4.07. The average Bonchev–Trinajstić information content (AvgIpc) is 3.34. The molecule has 180 valence electrons. The zero-order valence-corrected chi connectivity index (χ0v) is 20.5. The number of aliphatic hydroxyl groups is 1. The third-order valence-corrected chi connectivity index (χ3v) is 7.84. The third kappa shape index (κ3) is 6.26. The summed E-state index contributed by atoms with van der Waals surface area (Å²) in [7, 11) is -4.07. The van der Waals surface area contributed by atoms with E-state index in [1.807, 2.05) is 36.4 Å². The van der Waals surface area contributed by atoms with Gasteiger partial charge >= 0.3 is 10.3 Å². The maximum atomic E-state index is 13.3. The van der Waals surface area contributed by atoms with E-state index in [9.17, 15) is 18.3 Å². The fraction of sp³-hybridized carbons (Fsp3) is 0.348. The van der Waals surface area contributed by atoms with Gasteiger partial charge in [-0.25, -0.2) is 15.1 Å². The highest BCUT2D eigenvalue weighted by molar-refractivity contribution is 7.84. The number of hydrogen-bond donors (Lipinski definition) is 2. The maximum absolute atomic E-state index is 13.3. The Morgan fingerprint density at radius 3 is 2.76 bits per heavy atom. The number of nitrogens with two attached hydrogens (primary N) is 1. The number of rotatable bonds is 9. The molecule has 1 aliphatic rings. The van der Waals surface area contributed by atoms with Crippen LogP contribution in [0.5, 0.6) is 0 Å². The van der Waals surface area contributed by atoms with Crippen molar-refractivity contribution in [2.45, 2.75) is 31.8 Å². The topological polar surface area (TPSA) is 132 Å². The Bertz CT molecular complexity index is 1270. The van der Waals surface area contributed by atoms with E-state index >= 15 is 0 Å². The molecular weight excluding hydrogens is 498 g/mol. The van der Waals surface area contributed by atoms with Crippen LogP contribution < -0.4 is 5.14 Å². The van der Waals surface area contributed by atoms with Crippen LogP contribution >= 0.6 is 22.9 Å². The van der Waals surface area contributed by atoms with E-state index in [-0.39, 0.29) is 24.2 Å². The molecule has 8 nitrogen and oxygen atoms in total. The van der Waals surface area contributed by atoms with Gasteiger partial charge in [0.1, 0.15) is 6.33 Å². The lowest BCUT2D eigenvalue weighted by molar-refractivity contribution is 0.100. The van der Waals surface area contributed by atoms with Gasteiger partial charge in [0.2, 0.25) is 5.78 Å². The van der Waals surface area contributed by atoms with Crippen LogP contribution in [0.4, 0.5) is 0 Å². The fourth-order valence-corrected chi connectivity index (χ4v) is 5.91. The molecule has 2 aromatic heterocycles. The van der Waals surface area contributed by atoms with Gasteiger partial charge in [0, 0.05) is 12.1 Å². The Morgan fingerprint density at radius 1 is 1.26 bits per heavy atom. The summed E-state index contributed by atoms with van der Waals surface area (Å²) in [6.45, 7) is -0.177. The highest BCUT2D eigenvalue weighted by atomic mass is 35.5. The first-order chi connectivity index (χ1) is 16.2. The first kappa shape index (κ1) is 24.9. The van der Waals surface area contributed by atoms with E-state index in [1.54, 1.807) is 0 Å². The summed E-state index contributed by atoms with van der Waals surface area (Å²) in [6, 6.07) is 11.7. The van der Waals surface area contributed by atoms with Crippen LogP contribution in [0.2, 0.25) is 4.34 Å². The number of hydrogen-bond acceptors (Lipinski definition) is 8. The summed E-state index contributed by atoms with van der Waals surface area (Å²) in [5, 5.41) is 15.2. The quantitative estimate of drug-likeness (QED) is 0.413. The standard InChI is InChI=1S/C23H24ClN3O5S2/c24-23-16(6-14-4-2-1-3-5-14)10-21(33-23)22(29)18-11-26-13-27-19(18)8-15-7-17(20(28)9-15)12-32-34(25,30)31/h1-5,10-11,13,15,17,20,28H,6-9,12H2,(H2,25,30,31)/t15-,17+,20-/m0/s1. The van der Waals surface area contributed by atoms with Gasteiger partial charge < -0.3 is 5.11 Å². The zero-order valence-electron chi connectivity index (χ0n) is 18.1. The van der Waals surface area contributed by atoms with Gasteiger partial charge in [-0.3, -0.25) is 8.98 Å². The van der Waals surface area contributed by atoms with Gasteiger partial charge in [-0.05, 0) is 48.8 Å². The predicted octanol–water partition coefficient (Wildman–Crippen LogP) is 3.16. The summed E-state index contributed by atoms with van der Waals surface area (Å²) < 4.78 is 27.3. The first-order valence-electron chi connectivity index (χ1n) is 10.7. The molecule has 0 amide bonds. The summed E-state index contributed by atoms with van der Waals surface area (Å²) >= 11 is 7.67. The van der Waals surface area contributed by atoms with Crippen LogP contribution in [0.1, 0.15) is 44.9 Å². The molecule has 3 atom stereocenters. The number of carbonyl (C=O) groups excluding carboxylic acids is 1. The van der Waals surface area contributed by atoms with Crippen LogP contribution in [0.15, 0.2) is 48.9 Å². The van der Waals surface area contributed by atoms with Crippen LogP contribution in [0, 0.1) is 11.8 Å². The van der Waals surface area contributed by atoms with E-state index in [4.69, 9.17) is 16.7 Å². The molecule has 3 aromatic rings. The number of nitrogens with zero attached hydrogens (tertiary/aromatic N) is 2. The molecular formula is C23H24ClN3O5S2. The Balaban J connectivity index is 1.47. The number of carbonyl (C=O) groups is 1. The minimum Gasteiger partial charge on any atom is -0.393 e. The Labute approximate surface area is 207 Å². The van der Waals surface area contributed by atoms with Gasteiger partial charge in [0.15, 0.2) is 0 Å². The van der Waals surface area contributed by atoms with E-state index in [0.29, 0.717) is 46.2 Å². The van der Waals surface area contributed by atoms with Crippen LogP contribution in [-0.4, -0.2) is 42.0 Å². The van der Waals surface area contributed by atoms with Crippen molar-refractivity contribution < 1.29 is 22.5 Å². The number of ketones is 1. The van der Waals surface area contributed by atoms with Crippen molar-refractivity contribution in [3.63, 3.8) is 0 Å². The summed E-state index contributed by atoms with van der Waals surface area (Å²) in [6.07, 6.45) is 4.22. The summed E-state index contributed by atoms with van der Waals surface area (Å²) in [5.74, 6) is -0.554. The molecule has 0 radical (unpaired) electrons. The van der Waals surface area contributed by atoms with Gasteiger partial charge in [-0.1, -0.05) is 41.9 Å². The lowest BCUT2D eigenvalue weighted by atomic mass is 9.96. The van der Waals surface area contributed by atoms with E-state index in [1.165, 1.54) is 23.9 Å². The maximum Gasteiger partial charge on any atom is 0.333 e. The molecule has 1 aromatic carbocycles. The Hall–Kier alpha value is -2.21. The second-order valence-corrected chi connectivity index (χ2v) is 11.3. The SMILES string of the molecule is NS(=O)(=O)OC[C@H]1C[C@@H](Cc2ncncc2C(=O)c2cc(Cc3ccccc3)c(Cl)s2)C[C@@H]1O. The molecule has 2 heterocycles. The van der Waals surface area contributed by atoms with E-state index in [2.05, 4.69) is 14.2 Å². The molecule has 11 heteroatoms. The molecule has 1 saturated carbocycles. The Kier molecular flexibility index (Phi) is 7.76. The smallest absolute Gasteiger partial charge is 0.333 e. The monoisotopic (exact) mass is 521 g/mol. The van der Waals surface area contributed by atoms with Crippen LogP contribution in [-0.2, 0) is 27.3 Å². The van der Waals surface area contributed by atoms with Crippen LogP contribution in [0.25, 0.3) is 0 Å². The summed E-state index contributed by atoms with van der Waals surface area (Å²) in [4.78, 5) is 22.2. The minimum absolute atomic E-state index is 0.00564. The van der Waals surface area contributed by atoms with Crippen molar-refractivity contribution in [1.82, 2.24) is 9.97 Å². The fourth-order valence-electron chi connectivity index (χ4n) is 4.31. The number of thiophene rings is 1. The second kappa shape index (κ2) is 10.6. The highest BCUT2D eigenvalue weighted by Crippen LogP contribution is 2.35. The molecule has 4 rings (SSSR count). The molecule has 0 spiro atoms. The highest BCUT2D eigenvalue weighted by Gasteiger charge is 2.35. The lowest BCUT2D eigenvalue weighted by Crippen LogP contribution is -2.24. The molecule has 0 saturated heterocycles. The summed E-state index contributed by atoms with van der Waals surface area (Å²) in [5.41, 5.74) is 2.96. The number of benzene rings is 1. The van der Waals surface area contributed by atoms with Crippen molar-refractivity contribution in [3.05, 3.63) is 80.5 Å². The van der Waals surface area contributed by atoms with Crippen LogP contribution in [0.3, 0.4) is 0 Å². The predicted molar refractivity (Wildman–Crippen MR) is 129 cm³/mol.